The van der Waals surface area contributed by atoms with Crippen LogP contribution in [0.2, 0.25) is 0 Å². The zero-order chi connectivity index (χ0) is 14.2. The molecule has 0 amide bonds. The Labute approximate surface area is 120 Å². The Balaban J connectivity index is 1.95. The molecule has 1 fully saturated rings. The maximum absolute atomic E-state index is 11.1. The van der Waals surface area contributed by atoms with E-state index in [1.165, 1.54) is 0 Å². The molecule has 0 unspecified atom stereocenters. The molecule has 0 atom stereocenters. The third-order valence-electron chi connectivity index (χ3n) is 4.53. The number of aliphatic hydroxyl groups is 1. The SMILES string of the molecule is CC(C)N1CCC(O)(c2cncc3ccccc23)CC1. The lowest BCUT2D eigenvalue weighted by Crippen LogP contribution is -2.45. The quantitative estimate of drug-likeness (QED) is 0.911. The number of rotatable bonds is 2. The van der Waals surface area contributed by atoms with E-state index in [-0.39, 0.29) is 0 Å². The average molecular weight is 270 g/mol. The van der Waals surface area contributed by atoms with E-state index in [4.69, 9.17) is 0 Å². The molecule has 1 aromatic carbocycles. The van der Waals surface area contributed by atoms with Crippen LogP contribution in [-0.4, -0.2) is 34.1 Å². The molecule has 0 spiro atoms. The molecular weight excluding hydrogens is 248 g/mol. The number of pyridine rings is 1. The van der Waals surface area contributed by atoms with Crippen LogP contribution < -0.4 is 0 Å². The van der Waals surface area contributed by atoms with E-state index >= 15 is 0 Å². The van der Waals surface area contributed by atoms with Crippen LogP contribution in [0.5, 0.6) is 0 Å². The normalized spacial score (nSPS) is 19.6. The molecule has 20 heavy (non-hydrogen) atoms. The van der Waals surface area contributed by atoms with E-state index in [9.17, 15) is 5.11 Å². The van der Waals surface area contributed by atoms with Gasteiger partial charge in [-0.1, -0.05) is 24.3 Å². The van der Waals surface area contributed by atoms with E-state index in [2.05, 4.69) is 35.9 Å². The van der Waals surface area contributed by atoms with Gasteiger partial charge in [0.25, 0.3) is 0 Å². The summed E-state index contributed by atoms with van der Waals surface area (Å²) in [5, 5.41) is 13.3. The van der Waals surface area contributed by atoms with Crippen LogP contribution in [-0.2, 0) is 5.60 Å². The van der Waals surface area contributed by atoms with Crippen molar-refractivity contribution in [2.75, 3.05) is 13.1 Å². The first-order chi connectivity index (χ1) is 9.60. The highest BCUT2D eigenvalue weighted by molar-refractivity contribution is 5.85. The van der Waals surface area contributed by atoms with Crippen molar-refractivity contribution in [3.8, 4) is 0 Å². The van der Waals surface area contributed by atoms with Crippen molar-refractivity contribution in [2.45, 2.75) is 38.3 Å². The van der Waals surface area contributed by atoms with Gasteiger partial charge in [-0.15, -0.1) is 0 Å². The molecule has 2 aromatic rings. The topological polar surface area (TPSA) is 36.4 Å². The summed E-state index contributed by atoms with van der Waals surface area (Å²) in [4.78, 5) is 6.74. The van der Waals surface area contributed by atoms with Gasteiger partial charge >= 0.3 is 0 Å². The fourth-order valence-electron chi connectivity index (χ4n) is 3.17. The monoisotopic (exact) mass is 270 g/mol. The second-order valence-corrected chi connectivity index (χ2v) is 6.07. The first-order valence-corrected chi connectivity index (χ1v) is 7.40. The molecule has 3 nitrogen and oxygen atoms in total. The lowest BCUT2D eigenvalue weighted by molar-refractivity contribution is -0.0314. The maximum atomic E-state index is 11.1. The van der Waals surface area contributed by atoms with Crippen molar-refractivity contribution in [2.24, 2.45) is 0 Å². The Morgan fingerprint density at radius 3 is 2.55 bits per heavy atom. The van der Waals surface area contributed by atoms with Crippen LogP contribution >= 0.6 is 0 Å². The minimum atomic E-state index is -0.737. The molecule has 3 rings (SSSR count). The van der Waals surface area contributed by atoms with Gasteiger partial charge in [0, 0.05) is 42.5 Å². The first kappa shape index (κ1) is 13.5. The van der Waals surface area contributed by atoms with Crippen LogP contribution in [0.25, 0.3) is 10.8 Å². The van der Waals surface area contributed by atoms with Crippen molar-refractivity contribution in [1.29, 1.82) is 0 Å². The van der Waals surface area contributed by atoms with Gasteiger partial charge in [-0.2, -0.15) is 0 Å². The molecule has 1 aliphatic rings. The van der Waals surface area contributed by atoms with Crippen LogP contribution in [0.15, 0.2) is 36.7 Å². The minimum absolute atomic E-state index is 0.546. The number of fused-ring (bicyclic) bond motifs is 1. The summed E-state index contributed by atoms with van der Waals surface area (Å²) >= 11 is 0. The number of hydrogen-bond donors (Lipinski definition) is 1. The van der Waals surface area contributed by atoms with Crippen LogP contribution in [0.1, 0.15) is 32.3 Å². The Morgan fingerprint density at radius 1 is 1.15 bits per heavy atom. The summed E-state index contributed by atoms with van der Waals surface area (Å²) in [7, 11) is 0. The Bertz CT molecular complexity index is 595. The summed E-state index contributed by atoms with van der Waals surface area (Å²) in [6, 6.07) is 8.72. The summed E-state index contributed by atoms with van der Waals surface area (Å²) in [5.41, 5.74) is 0.248. The fourth-order valence-corrected chi connectivity index (χ4v) is 3.17. The van der Waals surface area contributed by atoms with E-state index in [1.807, 2.05) is 24.5 Å². The molecule has 0 aliphatic carbocycles. The molecule has 0 radical (unpaired) electrons. The lowest BCUT2D eigenvalue weighted by atomic mass is 9.83. The highest BCUT2D eigenvalue weighted by Gasteiger charge is 2.35. The molecule has 0 bridgehead atoms. The zero-order valence-corrected chi connectivity index (χ0v) is 12.2. The Hall–Kier alpha value is -1.45. The molecule has 1 aromatic heterocycles. The van der Waals surface area contributed by atoms with Gasteiger partial charge in [-0.3, -0.25) is 4.98 Å². The number of benzene rings is 1. The number of hydrogen-bond acceptors (Lipinski definition) is 3. The second-order valence-electron chi connectivity index (χ2n) is 6.07. The molecule has 1 N–H and O–H groups in total. The van der Waals surface area contributed by atoms with Gasteiger partial charge in [-0.05, 0) is 32.1 Å². The molecule has 1 aliphatic heterocycles. The van der Waals surface area contributed by atoms with E-state index in [0.29, 0.717) is 6.04 Å². The number of nitrogens with zero attached hydrogens (tertiary/aromatic N) is 2. The highest BCUT2D eigenvalue weighted by Crippen LogP contribution is 2.36. The maximum Gasteiger partial charge on any atom is 0.0941 e. The largest absolute Gasteiger partial charge is 0.385 e. The molecule has 1 saturated heterocycles. The van der Waals surface area contributed by atoms with E-state index < -0.39 is 5.60 Å². The summed E-state index contributed by atoms with van der Waals surface area (Å²) in [6.45, 7) is 6.31. The van der Waals surface area contributed by atoms with Crippen LogP contribution in [0.4, 0.5) is 0 Å². The third-order valence-corrected chi connectivity index (χ3v) is 4.53. The molecule has 2 heterocycles. The van der Waals surface area contributed by atoms with Crippen LogP contribution in [0, 0.1) is 0 Å². The predicted octanol–water partition coefficient (Wildman–Crippen LogP) is 2.93. The fraction of sp³-hybridized carbons (Fsp3) is 0.471. The lowest BCUT2D eigenvalue weighted by Gasteiger charge is -2.40. The second kappa shape index (κ2) is 5.15. The molecular formula is C17H22N2O. The van der Waals surface area contributed by atoms with Gasteiger partial charge in [-0.25, -0.2) is 0 Å². The number of aromatic nitrogens is 1. The van der Waals surface area contributed by atoms with E-state index in [0.717, 1.165) is 42.3 Å². The zero-order valence-electron chi connectivity index (χ0n) is 12.2. The van der Waals surface area contributed by atoms with Crippen molar-refractivity contribution >= 4 is 10.8 Å². The van der Waals surface area contributed by atoms with Gasteiger partial charge in [0.2, 0.25) is 0 Å². The standard InChI is InChI=1S/C17H22N2O/c1-13(2)19-9-7-17(20,8-10-19)16-12-18-11-14-5-3-4-6-15(14)16/h3-6,11-13,20H,7-10H2,1-2H3. The minimum Gasteiger partial charge on any atom is -0.385 e. The summed E-state index contributed by atoms with van der Waals surface area (Å²) in [6.07, 6.45) is 5.26. The van der Waals surface area contributed by atoms with E-state index in [1.54, 1.807) is 0 Å². The van der Waals surface area contributed by atoms with Crippen molar-refractivity contribution < 1.29 is 5.11 Å². The summed E-state index contributed by atoms with van der Waals surface area (Å²) in [5.74, 6) is 0. The van der Waals surface area contributed by atoms with Gasteiger partial charge in [0.1, 0.15) is 0 Å². The summed E-state index contributed by atoms with van der Waals surface area (Å²) < 4.78 is 0. The molecule has 3 heteroatoms. The van der Waals surface area contributed by atoms with Gasteiger partial charge in [0.15, 0.2) is 0 Å². The van der Waals surface area contributed by atoms with Crippen LogP contribution in [0.3, 0.4) is 0 Å². The van der Waals surface area contributed by atoms with Crippen molar-refractivity contribution in [3.63, 3.8) is 0 Å². The third kappa shape index (κ3) is 2.32. The smallest absolute Gasteiger partial charge is 0.0941 e. The first-order valence-electron chi connectivity index (χ1n) is 7.40. The van der Waals surface area contributed by atoms with Crippen molar-refractivity contribution in [1.82, 2.24) is 9.88 Å². The van der Waals surface area contributed by atoms with Crippen molar-refractivity contribution in [3.05, 3.63) is 42.2 Å². The number of piperidine rings is 1. The number of likely N-dealkylation sites (tertiary alicyclic amines) is 1. The average Bonchev–Trinajstić information content (AvgIpc) is 2.47. The molecule has 0 saturated carbocycles. The molecule has 106 valence electrons. The highest BCUT2D eigenvalue weighted by atomic mass is 16.3. The Morgan fingerprint density at radius 2 is 1.85 bits per heavy atom. The van der Waals surface area contributed by atoms with Gasteiger partial charge < -0.3 is 10.0 Å². The predicted molar refractivity (Wildman–Crippen MR) is 81.6 cm³/mol. The van der Waals surface area contributed by atoms with Gasteiger partial charge in [0.05, 0.1) is 5.60 Å². The Kier molecular flexibility index (Phi) is 3.48.